The molecule has 1 fully saturated rings. The Morgan fingerprint density at radius 3 is 2.60 bits per heavy atom. The largest absolute Gasteiger partial charge is 0.493 e. The average molecular weight is 280 g/mol. The van der Waals surface area contributed by atoms with Crippen LogP contribution in [0.3, 0.4) is 0 Å². The highest BCUT2D eigenvalue weighted by Gasteiger charge is 2.19. The Hall–Kier alpha value is -1.59. The maximum Gasteiger partial charge on any atom is 0.161 e. The zero-order valence-electron chi connectivity index (χ0n) is 12.3. The third-order valence-corrected chi connectivity index (χ3v) is 3.85. The quantitative estimate of drug-likeness (QED) is 0.611. The fraction of sp³-hybridized carbons (Fsp3) is 0.533. The van der Waals surface area contributed by atoms with Crippen molar-refractivity contribution in [1.82, 2.24) is 0 Å². The minimum Gasteiger partial charge on any atom is -0.493 e. The summed E-state index contributed by atoms with van der Waals surface area (Å²) in [5, 5.41) is 0. The number of carbonyl (C=O) groups is 1. The summed E-state index contributed by atoms with van der Waals surface area (Å²) >= 11 is 0. The van der Waals surface area contributed by atoms with Crippen LogP contribution in [0.15, 0.2) is 18.2 Å². The Morgan fingerprint density at radius 1 is 1.20 bits per heavy atom. The van der Waals surface area contributed by atoms with Crippen molar-refractivity contribution >= 4 is 6.29 Å². The van der Waals surface area contributed by atoms with E-state index >= 15 is 0 Å². The van der Waals surface area contributed by atoms with Crippen molar-refractivity contribution in [3.05, 3.63) is 23.8 Å². The van der Waals surface area contributed by atoms with Crippen LogP contribution in [0.25, 0.3) is 0 Å². The first-order valence-electron chi connectivity index (χ1n) is 7.14. The number of quaternary nitrogens is 2. The van der Waals surface area contributed by atoms with Crippen molar-refractivity contribution < 1.29 is 24.1 Å². The summed E-state index contributed by atoms with van der Waals surface area (Å²) in [5.41, 5.74) is 0.599. The van der Waals surface area contributed by atoms with E-state index in [9.17, 15) is 4.79 Å². The summed E-state index contributed by atoms with van der Waals surface area (Å²) in [6.07, 6.45) is 0.809. The molecule has 0 bridgehead atoms. The van der Waals surface area contributed by atoms with E-state index in [0.717, 1.165) is 12.8 Å². The van der Waals surface area contributed by atoms with Gasteiger partial charge in [-0.15, -0.1) is 0 Å². The van der Waals surface area contributed by atoms with Gasteiger partial charge in [0.2, 0.25) is 0 Å². The zero-order chi connectivity index (χ0) is 14.4. The molecule has 0 aromatic heterocycles. The van der Waals surface area contributed by atoms with Crippen LogP contribution in [0.2, 0.25) is 0 Å². The number of likely N-dealkylation sites (N-methyl/N-ethyl adjacent to an activating group) is 1. The number of aldehydes is 1. The first-order chi connectivity index (χ1) is 9.72. The van der Waals surface area contributed by atoms with E-state index < -0.39 is 0 Å². The molecule has 1 aromatic carbocycles. The van der Waals surface area contributed by atoms with Crippen LogP contribution < -0.4 is 19.3 Å². The predicted molar refractivity (Wildman–Crippen MR) is 76.1 cm³/mol. The number of hydrogen-bond donors (Lipinski definition) is 2. The number of nitrogens with one attached hydrogen (secondary N) is 2. The molecule has 0 atom stereocenters. The second-order valence-corrected chi connectivity index (χ2v) is 5.33. The molecule has 20 heavy (non-hydrogen) atoms. The summed E-state index contributed by atoms with van der Waals surface area (Å²) in [7, 11) is 3.83. The summed E-state index contributed by atoms with van der Waals surface area (Å²) in [5.74, 6) is 1.32. The molecule has 1 heterocycles. The number of methoxy groups -OCH3 is 1. The molecule has 2 N–H and O–H groups in total. The molecule has 0 spiro atoms. The predicted octanol–water partition coefficient (Wildman–Crippen LogP) is -1.70. The van der Waals surface area contributed by atoms with E-state index in [2.05, 4.69) is 7.05 Å². The second kappa shape index (κ2) is 7.26. The summed E-state index contributed by atoms with van der Waals surface area (Å²) in [6.45, 7) is 6.54. The first kappa shape index (κ1) is 14.8. The molecule has 0 aliphatic carbocycles. The van der Waals surface area contributed by atoms with Crippen molar-refractivity contribution in [3.8, 4) is 11.5 Å². The van der Waals surface area contributed by atoms with Gasteiger partial charge in [0.1, 0.15) is 45.6 Å². The molecule has 1 aliphatic heterocycles. The van der Waals surface area contributed by atoms with Crippen LogP contribution in [-0.4, -0.2) is 59.8 Å². The van der Waals surface area contributed by atoms with E-state index in [1.807, 2.05) is 0 Å². The van der Waals surface area contributed by atoms with Gasteiger partial charge in [0.05, 0.1) is 14.2 Å². The van der Waals surface area contributed by atoms with Gasteiger partial charge in [0.25, 0.3) is 0 Å². The van der Waals surface area contributed by atoms with Crippen LogP contribution in [0.1, 0.15) is 10.4 Å². The van der Waals surface area contributed by atoms with Crippen molar-refractivity contribution in [2.24, 2.45) is 0 Å². The fourth-order valence-corrected chi connectivity index (χ4v) is 2.46. The van der Waals surface area contributed by atoms with Gasteiger partial charge in [0, 0.05) is 5.56 Å². The molecule has 1 aliphatic rings. The number of carbonyl (C=O) groups excluding carboxylic acids is 1. The molecule has 0 radical (unpaired) electrons. The Labute approximate surface area is 120 Å². The van der Waals surface area contributed by atoms with E-state index in [-0.39, 0.29) is 0 Å². The van der Waals surface area contributed by atoms with Crippen molar-refractivity contribution in [2.75, 3.05) is 53.5 Å². The number of benzene rings is 1. The zero-order valence-corrected chi connectivity index (χ0v) is 12.3. The normalized spacial score (nSPS) is 22.3. The lowest BCUT2D eigenvalue weighted by Crippen LogP contribution is -3.27. The van der Waals surface area contributed by atoms with Gasteiger partial charge < -0.3 is 19.3 Å². The molecule has 0 unspecified atom stereocenters. The number of rotatable bonds is 6. The molecule has 0 saturated carbocycles. The lowest BCUT2D eigenvalue weighted by Gasteiger charge is -2.27. The van der Waals surface area contributed by atoms with Crippen LogP contribution in [0.4, 0.5) is 0 Å². The molecule has 5 heteroatoms. The third kappa shape index (κ3) is 3.95. The average Bonchev–Trinajstić information content (AvgIpc) is 2.49. The summed E-state index contributed by atoms with van der Waals surface area (Å²) in [6, 6.07) is 5.25. The lowest BCUT2D eigenvalue weighted by molar-refractivity contribution is -1.00. The minimum absolute atomic E-state index is 0.599. The molecular formula is C15H24N2O3+2. The van der Waals surface area contributed by atoms with Crippen LogP contribution >= 0.6 is 0 Å². The smallest absolute Gasteiger partial charge is 0.161 e. The molecule has 2 rings (SSSR count). The highest BCUT2D eigenvalue weighted by atomic mass is 16.5. The Balaban J connectivity index is 1.83. The highest BCUT2D eigenvalue weighted by Crippen LogP contribution is 2.27. The Kier molecular flexibility index (Phi) is 5.38. The summed E-state index contributed by atoms with van der Waals surface area (Å²) < 4.78 is 11.0. The lowest BCUT2D eigenvalue weighted by atomic mass is 10.2. The van der Waals surface area contributed by atoms with E-state index in [0.29, 0.717) is 23.7 Å². The van der Waals surface area contributed by atoms with Crippen molar-refractivity contribution in [3.63, 3.8) is 0 Å². The van der Waals surface area contributed by atoms with E-state index in [4.69, 9.17) is 9.47 Å². The Morgan fingerprint density at radius 2 is 1.95 bits per heavy atom. The van der Waals surface area contributed by atoms with Gasteiger partial charge in [-0.3, -0.25) is 4.79 Å². The summed E-state index contributed by atoms with van der Waals surface area (Å²) in [4.78, 5) is 13.9. The van der Waals surface area contributed by atoms with Gasteiger partial charge in [-0.1, -0.05) is 0 Å². The number of piperazine rings is 1. The number of hydrogen-bond acceptors (Lipinski definition) is 3. The second-order valence-electron chi connectivity index (χ2n) is 5.33. The maximum absolute atomic E-state index is 10.7. The minimum atomic E-state index is 0.599. The molecule has 1 aromatic rings. The molecular weight excluding hydrogens is 256 g/mol. The van der Waals surface area contributed by atoms with E-state index in [1.54, 1.807) is 35.1 Å². The first-order valence-corrected chi connectivity index (χ1v) is 7.14. The van der Waals surface area contributed by atoms with Crippen molar-refractivity contribution in [2.45, 2.75) is 0 Å². The molecule has 5 nitrogen and oxygen atoms in total. The van der Waals surface area contributed by atoms with Gasteiger partial charge in [-0.25, -0.2) is 0 Å². The number of ether oxygens (including phenoxy) is 2. The Bertz CT molecular complexity index is 443. The highest BCUT2D eigenvalue weighted by molar-refractivity contribution is 5.76. The van der Waals surface area contributed by atoms with Crippen molar-refractivity contribution in [1.29, 1.82) is 0 Å². The molecule has 1 saturated heterocycles. The topological polar surface area (TPSA) is 44.4 Å². The van der Waals surface area contributed by atoms with Crippen LogP contribution in [-0.2, 0) is 0 Å². The molecule has 110 valence electrons. The van der Waals surface area contributed by atoms with Gasteiger partial charge in [-0.05, 0) is 18.2 Å². The maximum atomic E-state index is 10.7. The van der Waals surface area contributed by atoms with Crippen LogP contribution in [0, 0.1) is 0 Å². The third-order valence-electron chi connectivity index (χ3n) is 3.85. The monoisotopic (exact) mass is 280 g/mol. The fourth-order valence-electron chi connectivity index (χ4n) is 2.46. The SMILES string of the molecule is COc1cc(C=O)ccc1OCC[NH+]1CC[NH+](C)CC1. The molecule has 0 amide bonds. The van der Waals surface area contributed by atoms with Crippen LogP contribution in [0.5, 0.6) is 11.5 Å². The van der Waals surface area contributed by atoms with Gasteiger partial charge >= 0.3 is 0 Å². The van der Waals surface area contributed by atoms with Gasteiger partial charge in [-0.2, -0.15) is 0 Å². The van der Waals surface area contributed by atoms with Gasteiger partial charge in [0.15, 0.2) is 11.5 Å². The standard InChI is InChI=1S/C15H22N2O3/c1-16-5-7-17(8-6-16)9-10-20-14-4-3-13(12-18)11-15(14)19-2/h3-4,11-12H,5-10H2,1-2H3/p+2. The van der Waals surface area contributed by atoms with E-state index in [1.165, 1.54) is 26.2 Å².